The summed E-state index contributed by atoms with van der Waals surface area (Å²) in [5.74, 6) is -0.106. The number of hydrogen-bond acceptors (Lipinski definition) is 6. The standard InChI is InChI=1S/C20H20F2O6/c1-12(19(24)14-5-7-15(8-6-14)28-20(21)22)27-18(23)11-13-4-9-16(25-2)17(10-13)26-3/h4-10,12,20H,11H2,1-3H3/t12-/m0/s1. The molecule has 0 radical (unpaired) electrons. The van der Waals surface area contributed by atoms with E-state index in [0.29, 0.717) is 17.1 Å². The topological polar surface area (TPSA) is 71.1 Å². The predicted octanol–water partition coefficient (Wildman–Crippen LogP) is 3.66. The van der Waals surface area contributed by atoms with Gasteiger partial charge < -0.3 is 18.9 Å². The fourth-order valence-electron chi connectivity index (χ4n) is 2.48. The van der Waals surface area contributed by atoms with Crippen LogP contribution in [-0.2, 0) is 16.0 Å². The van der Waals surface area contributed by atoms with Crippen LogP contribution in [-0.4, -0.2) is 38.7 Å². The zero-order valence-corrected chi connectivity index (χ0v) is 15.6. The van der Waals surface area contributed by atoms with Gasteiger partial charge in [0.1, 0.15) is 5.75 Å². The SMILES string of the molecule is COc1ccc(CC(=O)O[C@@H](C)C(=O)c2ccc(OC(F)F)cc2)cc1OC. The third-order valence-corrected chi connectivity index (χ3v) is 3.84. The van der Waals surface area contributed by atoms with Crippen LogP contribution < -0.4 is 14.2 Å². The average molecular weight is 394 g/mol. The van der Waals surface area contributed by atoms with Gasteiger partial charge in [-0.05, 0) is 48.9 Å². The van der Waals surface area contributed by atoms with E-state index in [-0.39, 0.29) is 17.7 Å². The van der Waals surface area contributed by atoms with Crippen LogP contribution in [0.25, 0.3) is 0 Å². The Morgan fingerprint density at radius 2 is 1.61 bits per heavy atom. The fraction of sp³-hybridized carbons (Fsp3) is 0.300. The molecule has 28 heavy (non-hydrogen) atoms. The number of hydrogen-bond donors (Lipinski definition) is 0. The van der Waals surface area contributed by atoms with Crippen LogP contribution >= 0.6 is 0 Å². The summed E-state index contributed by atoms with van der Waals surface area (Å²) in [4.78, 5) is 24.5. The fourth-order valence-corrected chi connectivity index (χ4v) is 2.48. The number of Topliss-reactive ketones (excluding diaryl/α,β-unsaturated/α-hetero) is 1. The summed E-state index contributed by atoms with van der Waals surface area (Å²) < 4.78 is 44.0. The van der Waals surface area contributed by atoms with Crippen LogP contribution in [0.1, 0.15) is 22.8 Å². The highest BCUT2D eigenvalue weighted by molar-refractivity contribution is 6.00. The zero-order valence-electron chi connectivity index (χ0n) is 15.6. The average Bonchev–Trinajstić information content (AvgIpc) is 2.67. The minimum absolute atomic E-state index is 0.0564. The minimum atomic E-state index is -2.95. The molecule has 0 saturated carbocycles. The Labute approximate surface area is 161 Å². The Bertz CT molecular complexity index is 820. The molecule has 2 aromatic rings. The van der Waals surface area contributed by atoms with E-state index in [2.05, 4.69) is 4.74 Å². The molecule has 8 heteroatoms. The molecule has 0 amide bonds. The lowest BCUT2D eigenvalue weighted by Gasteiger charge is -2.14. The van der Waals surface area contributed by atoms with Crippen molar-refractivity contribution in [1.29, 1.82) is 0 Å². The second-order valence-electron chi connectivity index (χ2n) is 5.77. The molecule has 2 rings (SSSR count). The van der Waals surface area contributed by atoms with Gasteiger partial charge in [0.25, 0.3) is 0 Å². The molecular formula is C20H20F2O6. The van der Waals surface area contributed by atoms with E-state index >= 15 is 0 Å². The summed E-state index contributed by atoms with van der Waals surface area (Å²) in [5.41, 5.74) is 0.851. The Morgan fingerprint density at radius 3 is 2.18 bits per heavy atom. The Kier molecular flexibility index (Phi) is 7.31. The van der Waals surface area contributed by atoms with Crippen LogP contribution in [0.5, 0.6) is 17.2 Å². The van der Waals surface area contributed by atoms with Gasteiger partial charge >= 0.3 is 12.6 Å². The highest BCUT2D eigenvalue weighted by atomic mass is 19.3. The Hall–Kier alpha value is -3.16. The van der Waals surface area contributed by atoms with Crippen LogP contribution in [0.4, 0.5) is 8.78 Å². The van der Waals surface area contributed by atoms with Gasteiger partial charge in [0, 0.05) is 5.56 Å². The van der Waals surface area contributed by atoms with E-state index in [1.54, 1.807) is 18.2 Å². The second-order valence-corrected chi connectivity index (χ2v) is 5.77. The van der Waals surface area contributed by atoms with Crippen molar-refractivity contribution in [2.45, 2.75) is 26.1 Å². The third-order valence-electron chi connectivity index (χ3n) is 3.84. The molecule has 0 aliphatic rings. The van der Waals surface area contributed by atoms with Crippen molar-refractivity contribution in [1.82, 2.24) is 0 Å². The lowest BCUT2D eigenvalue weighted by molar-refractivity contribution is -0.145. The monoisotopic (exact) mass is 394 g/mol. The summed E-state index contributed by atoms with van der Waals surface area (Å²) in [5, 5.41) is 0. The van der Waals surface area contributed by atoms with Gasteiger partial charge in [-0.15, -0.1) is 0 Å². The Balaban J connectivity index is 1.97. The van der Waals surface area contributed by atoms with E-state index < -0.39 is 24.5 Å². The molecule has 0 unspecified atom stereocenters. The van der Waals surface area contributed by atoms with Gasteiger partial charge in [-0.3, -0.25) is 9.59 Å². The second kappa shape index (κ2) is 9.68. The number of rotatable bonds is 9. The summed E-state index contributed by atoms with van der Waals surface area (Å²) >= 11 is 0. The lowest BCUT2D eigenvalue weighted by atomic mass is 10.1. The predicted molar refractivity (Wildman–Crippen MR) is 96.2 cm³/mol. The van der Waals surface area contributed by atoms with E-state index in [0.717, 1.165) is 0 Å². The van der Waals surface area contributed by atoms with Gasteiger partial charge in [-0.25, -0.2) is 0 Å². The maximum absolute atomic E-state index is 12.3. The number of esters is 1. The van der Waals surface area contributed by atoms with Gasteiger partial charge in [-0.2, -0.15) is 8.78 Å². The van der Waals surface area contributed by atoms with Gasteiger partial charge in [0.2, 0.25) is 5.78 Å². The summed E-state index contributed by atoms with van der Waals surface area (Å²) in [6.45, 7) is -1.50. The number of methoxy groups -OCH3 is 2. The van der Waals surface area contributed by atoms with E-state index in [1.165, 1.54) is 45.4 Å². The van der Waals surface area contributed by atoms with E-state index in [9.17, 15) is 18.4 Å². The first-order valence-electron chi connectivity index (χ1n) is 8.33. The number of benzene rings is 2. The van der Waals surface area contributed by atoms with Gasteiger partial charge in [0.05, 0.1) is 20.6 Å². The van der Waals surface area contributed by atoms with E-state index in [1.807, 2.05) is 0 Å². The molecule has 1 atom stereocenters. The first kappa shape index (κ1) is 21.1. The van der Waals surface area contributed by atoms with Crippen LogP contribution in [0.3, 0.4) is 0 Å². The van der Waals surface area contributed by atoms with Crippen LogP contribution in [0.2, 0.25) is 0 Å². The largest absolute Gasteiger partial charge is 0.493 e. The minimum Gasteiger partial charge on any atom is -0.493 e. The summed E-state index contributed by atoms with van der Waals surface area (Å²) in [6.07, 6.45) is -1.09. The number of halogens is 2. The molecule has 0 heterocycles. The molecule has 0 aliphatic carbocycles. The third kappa shape index (κ3) is 5.67. The number of carbonyl (C=O) groups is 2. The highest BCUT2D eigenvalue weighted by Crippen LogP contribution is 2.27. The molecule has 0 saturated heterocycles. The molecular weight excluding hydrogens is 374 g/mol. The van der Waals surface area contributed by atoms with Gasteiger partial charge in [0.15, 0.2) is 17.6 Å². The normalized spacial score (nSPS) is 11.6. The van der Waals surface area contributed by atoms with Crippen molar-refractivity contribution in [3.63, 3.8) is 0 Å². The van der Waals surface area contributed by atoms with Crippen molar-refractivity contribution in [3.8, 4) is 17.2 Å². The number of ether oxygens (including phenoxy) is 4. The Morgan fingerprint density at radius 1 is 0.964 bits per heavy atom. The molecule has 0 spiro atoms. The molecule has 0 bridgehead atoms. The van der Waals surface area contributed by atoms with Crippen LogP contribution in [0.15, 0.2) is 42.5 Å². The van der Waals surface area contributed by atoms with Crippen LogP contribution in [0, 0.1) is 0 Å². The number of ketones is 1. The quantitative estimate of drug-likeness (QED) is 0.478. The van der Waals surface area contributed by atoms with Crippen molar-refractivity contribution in [2.75, 3.05) is 14.2 Å². The summed E-state index contributed by atoms with van der Waals surface area (Å²) in [7, 11) is 2.99. The molecule has 0 fully saturated rings. The lowest BCUT2D eigenvalue weighted by Crippen LogP contribution is -2.25. The first-order chi connectivity index (χ1) is 13.3. The van der Waals surface area contributed by atoms with E-state index in [4.69, 9.17) is 14.2 Å². The molecule has 150 valence electrons. The number of alkyl halides is 2. The van der Waals surface area contributed by atoms with Crippen molar-refractivity contribution in [2.24, 2.45) is 0 Å². The molecule has 2 aromatic carbocycles. The maximum atomic E-state index is 12.3. The smallest absolute Gasteiger partial charge is 0.387 e. The summed E-state index contributed by atoms with van der Waals surface area (Å²) in [6, 6.07) is 10.2. The molecule has 0 aliphatic heterocycles. The highest BCUT2D eigenvalue weighted by Gasteiger charge is 2.20. The maximum Gasteiger partial charge on any atom is 0.387 e. The molecule has 0 N–H and O–H groups in total. The van der Waals surface area contributed by atoms with Crippen molar-refractivity contribution in [3.05, 3.63) is 53.6 Å². The first-order valence-corrected chi connectivity index (χ1v) is 8.33. The van der Waals surface area contributed by atoms with Gasteiger partial charge in [-0.1, -0.05) is 6.07 Å². The zero-order chi connectivity index (χ0) is 20.7. The number of carbonyl (C=O) groups excluding carboxylic acids is 2. The molecule has 6 nitrogen and oxygen atoms in total. The van der Waals surface area contributed by atoms with Crippen molar-refractivity contribution < 1.29 is 37.3 Å². The molecule has 0 aromatic heterocycles. The van der Waals surface area contributed by atoms with Crippen molar-refractivity contribution >= 4 is 11.8 Å².